The summed E-state index contributed by atoms with van der Waals surface area (Å²) in [5, 5.41) is 38.4. The van der Waals surface area contributed by atoms with E-state index in [4.69, 9.17) is 20.4 Å². The van der Waals surface area contributed by atoms with Gasteiger partial charge in [-0.15, -0.1) is 0 Å². The molecule has 5 nitrogen and oxygen atoms in total. The largest absolute Gasteiger partial charge is 0.394 e. The maximum absolute atomic E-state index is 9.03. The summed E-state index contributed by atoms with van der Waals surface area (Å²) >= 11 is 0. The highest BCUT2D eigenvalue weighted by atomic mass is 16.3. The van der Waals surface area contributed by atoms with Crippen LogP contribution in [0.3, 0.4) is 0 Å². The molecule has 1 atom stereocenters. The minimum atomic E-state index is -0.857. The monoisotopic (exact) mass is 193 g/mol. The van der Waals surface area contributed by atoms with Crippen molar-refractivity contribution in [2.45, 2.75) is 25.0 Å². The first-order valence-electron chi connectivity index (χ1n) is 4.39. The number of nitrogens with one attached hydrogen (secondary N) is 1. The van der Waals surface area contributed by atoms with Crippen molar-refractivity contribution < 1.29 is 20.4 Å². The molecule has 0 aromatic rings. The Bertz CT molecular complexity index is 119. The first kappa shape index (κ1) is 12.8. The molecule has 13 heavy (non-hydrogen) atoms. The smallest absolute Gasteiger partial charge is 0.0895 e. The van der Waals surface area contributed by atoms with Gasteiger partial charge in [-0.2, -0.15) is 0 Å². The maximum Gasteiger partial charge on any atom is 0.0895 e. The van der Waals surface area contributed by atoms with Gasteiger partial charge in [0.25, 0.3) is 0 Å². The van der Waals surface area contributed by atoms with Crippen molar-refractivity contribution in [2.75, 3.05) is 26.4 Å². The van der Waals surface area contributed by atoms with E-state index in [1.807, 2.05) is 6.92 Å². The number of hydrogen-bond donors (Lipinski definition) is 5. The Balaban J connectivity index is 3.95. The first-order chi connectivity index (χ1) is 6.14. The van der Waals surface area contributed by atoms with Crippen molar-refractivity contribution in [2.24, 2.45) is 0 Å². The lowest BCUT2D eigenvalue weighted by Crippen LogP contribution is -2.53. The molecule has 0 aliphatic carbocycles. The van der Waals surface area contributed by atoms with E-state index in [1.54, 1.807) is 0 Å². The van der Waals surface area contributed by atoms with Crippen LogP contribution in [-0.2, 0) is 0 Å². The van der Waals surface area contributed by atoms with E-state index in [1.165, 1.54) is 0 Å². The molecule has 5 N–H and O–H groups in total. The van der Waals surface area contributed by atoms with E-state index < -0.39 is 11.6 Å². The Morgan fingerprint density at radius 1 is 1.23 bits per heavy atom. The second-order valence-electron chi connectivity index (χ2n) is 3.17. The van der Waals surface area contributed by atoms with Crippen LogP contribution in [0.15, 0.2) is 0 Å². The van der Waals surface area contributed by atoms with E-state index in [9.17, 15) is 0 Å². The van der Waals surface area contributed by atoms with Gasteiger partial charge in [-0.25, -0.2) is 0 Å². The van der Waals surface area contributed by atoms with Crippen molar-refractivity contribution in [3.63, 3.8) is 0 Å². The highest BCUT2D eigenvalue weighted by molar-refractivity contribution is 4.86. The fraction of sp³-hybridized carbons (Fsp3) is 1.00. The molecular formula is C8H19NO4. The standard InChI is InChI=1S/C8H19NO4/c1-2-8(5-11,6-12)9-3-7(13)4-10/h7,9-13H,2-6H2,1H3. The molecule has 0 fully saturated rings. The molecule has 0 saturated heterocycles. The van der Waals surface area contributed by atoms with E-state index in [0.29, 0.717) is 6.42 Å². The van der Waals surface area contributed by atoms with Crippen LogP contribution in [0.1, 0.15) is 13.3 Å². The highest BCUT2D eigenvalue weighted by Crippen LogP contribution is 2.07. The minimum Gasteiger partial charge on any atom is -0.394 e. The Kier molecular flexibility index (Phi) is 6.19. The molecule has 0 aliphatic heterocycles. The molecule has 5 heteroatoms. The molecular weight excluding hydrogens is 174 g/mol. The average Bonchev–Trinajstić information content (AvgIpc) is 2.20. The normalized spacial score (nSPS) is 14.5. The summed E-state index contributed by atoms with van der Waals surface area (Å²) in [6, 6.07) is 0. The van der Waals surface area contributed by atoms with Gasteiger partial charge in [-0.1, -0.05) is 6.92 Å². The second-order valence-corrected chi connectivity index (χ2v) is 3.17. The maximum atomic E-state index is 9.03. The van der Waals surface area contributed by atoms with Crippen LogP contribution in [0.25, 0.3) is 0 Å². The zero-order valence-corrected chi connectivity index (χ0v) is 7.90. The second kappa shape index (κ2) is 6.28. The Morgan fingerprint density at radius 2 is 1.77 bits per heavy atom. The van der Waals surface area contributed by atoms with Crippen molar-refractivity contribution in [1.29, 1.82) is 0 Å². The zero-order chi connectivity index (χ0) is 10.3. The molecule has 0 rings (SSSR count). The number of rotatable bonds is 7. The van der Waals surface area contributed by atoms with Crippen molar-refractivity contribution in [1.82, 2.24) is 5.32 Å². The summed E-state index contributed by atoms with van der Waals surface area (Å²) < 4.78 is 0. The van der Waals surface area contributed by atoms with Gasteiger partial charge in [0.05, 0.1) is 31.5 Å². The molecule has 0 aromatic carbocycles. The topological polar surface area (TPSA) is 93.0 Å². The van der Waals surface area contributed by atoms with Crippen molar-refractivity contribution in [3.05, 3.63) is 0 Å². The van der Waals surface area contributed by atoms with E-state index in [0.717, 1.165) is 0 Å². The molecule has 0 amide bonds. The first-order valence-corrected chi connectivity index (χ1v) is 4.39. The minimum absolute atomic E-state index is 0.158. The lowest BCUT2D eigenvalue weighted by atomic mass is 9.98. The Morgan fingerprint density at radius 3 is 2.08 bits per heavy atom. The molecule has 0 aliphatic rings. The molecule has 0 aromatic heterocycles. The SMILES string of the molecule is CCC(CO)(CO)NCC(O)CO. The van der Waals surface area contributed by atoms with Crippen molar-refractivity contribution >= 4 is 0 Å². The Hall–Kier alpha value is -0.200. The summed E-state index contributed by atoms with van der Waals surface area (Å²) in [6.45, 7) is 1.26. The van der Waals surface area contributed by atoms with Crippen LogP contribution in [0.4, 0.5) is 0 Å². The molecule has 80 valence electrons. The van der Waals surface area contributed by atoms with E-state index >= 15 is 0 Å². The molecule has 1 unspecified atom stereocenters. The summed E-state index contributed by atoms with van der Waals surface area (Å²) in [7, 11) is 0. The molecule has 0 spiro atoms. The van der Waals surface area contributed by atoms with Crippen LogP contribution in [0, 0.1) is 0 Å². The van der Waals surface area contributed by atoms with Gasteiger partial charge < -0.3 is 25.7 Å². The van der Waals surface area contributed by atoms with Crippen LogP contribution in [-0.4, -0.2) is 58.4 Å². The highest BCUT2D eigenvalue weighted by Gasteiger charge is 2.26. The molecule has 0 saturated carbocycles. The third kappa shape index (κ3) is 4.02. The predicted octanol–water partition coefficient (Wildman–Crippen LogP) is -1.94. The van der Waals surface area contributed by atoms with Crippen LogP contribution < -0.4 is 5.32 Å². The number of aliphatic hydroxyl groups is 4. The van der Waals surface area contributed by atoms with Crippen molar-refractivity contribution in [3.8, 4) is 0 Å². The van der Waals surface area contributed by atoms with Crippen LogP contribution in [0.5, 0.6) is 0 Å². The third-order valence-electron chi connectivity index (χ3n) is 2.21. The third-order valence-corrected chi connectivity index (χ3v) is 2.21. The van der Waals surface area contributed by atoms with Gasteiger partial charge in [-0.05, 0) is 6.42 Å². The summed E-state index contributed by atoms with van der Waals surface area (Å²) in [5.41, 5.74) is -0.754. The van der Waals surface area contributed by atoms with E-state index in [-0.39, 0.29) is 26.4 Å². The average molecular weight is 193 g/mol. The Labute approximate surface area is 78.0 Å². The lowest BCUT2D eigenvalue weighted by molar-refractivity contribution is 0.0523. The van der Waals surface area contributed by atoms with Crippen LogP contribution in [0.2, 0.25) is 0 Å². The molecule has 0 heterocycles. The van der Waals surface area contributed by atoms with Gasteiger partial charge in [0.15, 0.2) is 0 Å². The predicted molar refractivity (Wildman–Crippen MR) is 48.3 cm³/mol. The van der Waals surface area contributed by atoms with Gasteiger partial charge in [0.2, 0.25) is 0 Å². The van der Waals surface area contributed by atoms with Gasteiger partial charge in [0.1, 0.15) is 0 Å². The number of aliphatic hydroxyl groups excluding tert-OH is 4. The number of hydrogen-bond acceptors (Lipinski definition) is 5. The number of β-amino-alcohol motifs (C(OH)–C–C–N with tert-alkyl or cyclic N) is 1. The molecule has 0 bridgehead atoms. The summed E-state index contributed by atoms with van der Waals surface area (Å²) in [5.74, 6) is 0. The van der Waals surface area contributed by atoms with E-state index in [2.05, 4.69) is 5.32 Å². The van der Waals surface area contributed by atoms with Gasteiger partial charge >= 0.3 is 0 Å². The molecule has 0 radical (unpaired) electrons. The zero-order valence-electron chi connectivity index (χ0n) is 7.90. The van der Waals surface area contributed by atoms with Crippen LogP contribution >= 0.6 is 0 Å². The summed E-state index contributed by atoms with van der Waals surface area (Å²) in [4.78, 5) is 0. The lowest BCUT2D eigenvalue weighted by Gasteiger charge is -2.30. The summed E-state index contributed by atoms with van der Waals surface area (Å²) in [6.07, 6.45) is -0.304. The van der Waals surface area contributed by atoms with Gasteiger partial charge in [0, 0.05) is 6.54 Å². The van der Waals surface area contributed by atoms with Gasteiger partial charge in [-0.3, -0.25) is 0 Å². The fourth-order valence-electron chi connectivity index (χ4n) is 0.909. The quantitative estimate of drug-likeness (QED) is 0.324. The fourth-order valence-corrected chi connectivity index (χ4v) is 0.909.